The zero-order valence-corrected chi connectivity index (χ0v) is 11.9. The van der Waals surface area contributed by atoms with Gasteiger partial charge in [0.1, 0.15) is 5.76 Å². The van der Waals surface area contributed by atoms with Crippen molar-refractivity contribution >= 4 is 17.7 Å². The van der Waals surface area contributed by atoms with Gasteiger partial charge in [-0.3, -0.25) is 0 Å². The third kappa shape index (κ3) is 2.98. The monoisotopic (exact) mass is 277 g/mol. The maximum atomic E-state index is 11.1. The van der Waals surface area contributed by atoms with Crippen molar-refractivity contribution < 1.29 is 14.4 Å². The Morgan fingerprint density at radius 3 is 2.68 bits per heavy atom. The standard InChI is InChI=1S/C14H15NO3S/c1-8-4-5-11(6-12(8)14(16)17)19-7-13-9(2)15-18-10(13)3/h4-6H,7H2,1-3H3,(H,16,17). The molecule has 1 heterocycles. The molecule has 1 aromatic heterocycles. The van der Waals surface area contributed by atoms with E-state index < -0.39 is 5.97 Å². The molecule has 100 valence electrons. The van der Waals surface area contributed by atoms with E-state index in [9.17, 15) is 4.79 Å². The molecule has 5 heteroatoms. The SMILES string of the molecule is Cc1ccc(SCc2c(C)noc2C)cc1C(=O)O. The molecule has 4 nitrogen and oxygen atoms in total. The summed E-state index contributed by atoms with van der Waals surface area (Å²) in [5, 5.41) is 13.0. The van der Waals surface area contributed by atoms with Gasteiger partial charge in [0.2, 0.25) is 0 Å². The predicted molar refractivity (Wildman–Crippen MR) is 73.7 cm³/mol. The van der Waals surface area contributed by atoms with Crippen LogP contribution in [0.25, 0.3) is 0 Å². The van der Waals surface area contributed by atoms with E-state index >= 15 is 0 Å². The predicted octanol–water partition coefficient (Wildman–Crippen LogP) is 3.59. The molecule has 0 unspecified atom stereocenters. The summed E-state index contributed by atoms with van der Waals surface area (Å²) in [5.74, 6) is 0.649. The van der Waals surface area contributed by atoms with Crippen LogP contribution in [-0.4, -0.2) is 16.2 Å². The van der Waals surface area contributed by atoms with Gasteiger partial charge in [-0.15, -0.1) is 11.8 Å². The van der Waals surface area contributed by atoms with Crippen LogP contribution in [0.4, 0.5) is 0 Å². The molecule has 0 aliphatic heterocycles. The van der Waals surface area contributed by atoms with Crippen molar-refractivity contribution in [1.29, 1.82) is 0 Å². The van der Waals surface area contributed by atoms with Crippen molar-refractivity contribution in [3.05, 3.63) is 46.3 Å². The van der Waals surface area contributed by atoms with E-state index in [1.807, 2.05) is 26.0 Å². The molecule has 2 rings (SSSR count). The minimum absolute atomic E-state index is 0.351. The molecule has 0 bridgehead atoms. The Morgan fingerprint density at radius 1 is 1.37 bits per heavy atom. The highest BCUT2D eigenvalue weighted by Gasteiger charge is 2.11. The summed E-state index contributed by atoms with van der Waals surface area (Å²) >= 11 is 1.58. The van der Waals surface area contributed by atoms with E-state index in [1.54, 1.807) is 24.8 Å². The number of nitrogens with zero attached hydrogens (tertiary/aromatic N) is 1. The first kappa shape index (κ1) is 13.7. The summed E-state index contributed by atoms with van der Waals surface area (Å²) in [4.78, 5) is 12.0. The highest BCUT2D eigenvalue weighted by atomic mass is 32.2. The fraction of sp³-hybridized carbons (Fsp3) is 0.286. The number of hydrogen-bond donors (Lipinski definition) is 1. The number of aromatic nitrogens is 1. The second kappa shape index (κ2) is 5.48. The van der Waals surface area contributed by atoms with E-state index in [0.29, 0.717) is 5.56 Å². The van der Waals surface area contributed by atoms with Crippen molar-refractivity contribution in [2.75, 3.05) is 0 Å². The number of benzene rings is 1. The Morgan fingerprint density at radius 2 is 2.11 bits per heavy atom. The Kier molecular flexibility index (Phi) is 3.95. The van der Waals surface area contributed by atoms with Gasteiger partial charge in [0.05, 0.1) is 11.3 Å². The van der Waals surface area contributed by atoms with Gasteiger partial charge in [0.25, 0.3) is 0 Å². The number of carboxylic acids is 1. The lowest BCUT2D eigenvalue weighted by molar-refractivity contribution is 0.0696. The van der Waals surface area contributed by atoms with Gasteiger partial charge in [-0.2, -0.15) is 0 Å². The first-order valence-corrected chi connectivity index (χ1v) is 6.86. The van der Waals surface area contributed by atoms with Gasteiger partial charge in [-0.25, -0.2) is 4.79 Å². The van der Waals surface area contributed by atoms with Gasteiger partial charge >= 0.3 is 5.97 Å². The summed E-state index contributed by atoms with van der Waals surface area (Å²) in [6.45, 7) is 5.59. The fourth-order valence-electron chi connectivity index (χ4n) is 1.78. The van der Waals surface area contributed by atoms with Crippen LogP contribution in [0.1, 0.15) is 32.9 Å². The Hall–Kier alpha value is -1.75. The molecule has 19 heavy (non-hydrogen) atoms. The van der Waals surface area contributed by atoms with Crippen molar-refractivity contribution in [2.24, 2.45) is 0 Å². The maximum Gasteiger partial charge on any atom is 0.335 e. The van der Waals surface area contributed by atoms with Crippen LogP contribution in [0.15, 0.2) is 27.6 Å². The van der Waals surface area contributed by atoms with Gasteiger partial charge in [0, 0.05) is 16.2 Å². The summed E-state index contributed by atoms with van der Waals surface area (Å²) in [6.07, 6.45) is 0. The molecule has 0 saturated carbocycles. The molecule has 2 aromatic rings. The first-order valence-electron chi connectivity index (χ1n) is 5.87. The van der Waals surface area contributed by atoms with Crippen LogP contribution in [0, 0.1) is 20.8 Å². The normalized spacial score (nSPS) is 10.7. The molecule has 0 amide bonds. The minimum Gasteiger partial charge on any atom is -0.478 e. The van der Waals surface area contributed by atoms with Crippen molar-refractivity contribution in [3.8, 4) is 0 Å². The third-order valence-electron chi connectivity index (χ3n) is 3.00. The molecule has 0 aliphatic carbocycles. The van der Waals surface area contributed by atoms with Crippen LogP contribution in [0.5, 0.6) is 0 Å². The highest BCUT2D eigenvalue weighted by molar-refractivity contribution is 7.98. The summed E-state index contributed by atoms with van der Waals surface area (Å²) in [6, 6.07) is 5.48. The average molecular weight is 277 g/mol. The summed E-state index contributed by atoms with van der Waals surface area (Å²) < 4.78 is 5.11. The smallest absolute Gasteiger partial charge is 0.335 e. The molecular formula is C14H15NO3S. The Labute approximate surface area is 115 Å². The van der Waals surface area contributed by atoms with E-state index in [1.165, 1.54) is 0 Å². The summed E-state index contributed by atoms with van der Waals surface area (Å²) in [5.41, 5.74) is 3.08. The number of carbonyl (C=O) groups is 1. The largest absolute Gasteiger partial charge is 0.478 e. The number of hydrogen-bond acceptors (Lipinski definition) is 4. The van der Waals surface area contributed by atoms with Crippen LogP contribution in [-0.2, 0) is 5.75 Å². The van der Waals surface area contributed by atoms with Crippen molar-refractivity contribution in [1.82, 2.24) is 5.16 Å². The van der Waals surface area contributed by atoms with Crippen molar-refractivity contribution in [3.63, 3.8) is 0 Å². The lowest BCUT2D eigenvalue weighted by Crippen LogP contribution is -1.99. The van der Waals surface area contributed by atoms with E-state index in [0.717, 1.165) is 33.2 Å². The molecule has 0 saturated heterocycles. The zero-order chi connectivity index (χ0) is 14.0. The first-order chi connectivity index (χ1) is 8.99. The number of thioether (sulfide) groups is 1. The lowest BCUT2D eigenvalue weighted by Gasteiger charge is -2.05. The molecule has 0 aliphatic rings. The van der Waals surface area contributed by atoms with E-state index in [2.05, 4.69) is 5.16 Å². The van der Waals surface area contributed by atoms with Crippen molar-refractivity contribution in [2.45, 2.75) is 31.4 Å². The second-order valence-electron chi connectivity index (χ2n) is 4.37. The van der Waals surface area contributed by atoms with Crippen LogP contribution < -0.4 is 0 Å². The molecule has 0 spiro atoms. The summed E-state index contributed by atoms with van der Waals surface area (Å²) in [7, 11) is 0. The number of carboxylic acid groups (broad SMARTS) is 1. The van der Waals surface area contributed by atoms with Crippen LogP contribution >= 0.6 is 11.8 Å². The van der Waals surface area contributed by atoms with E-state index in [-0.39, 0.29) is 0 Å². The molecule has 1 aromatic carbocycles. The molecule has 0 atom stereocenters. The second-order valence-corrected chi connectivity index (χ2v) is 5.42. The maximum absolute atomic E-state index is 11.1. The topological polar surface area (TPSA) is 63.3 Å². The third-order valence-corrected chi connectivity index (χ3v) is 4.02. The molecular weight excluding hydrogens is 262 g/mol. The molecule has 1 N–H and O–H groups in total. The van der Waals surface area contributed by atoms with Gasteiger partial charge in [0.15, 0.2) is 0 Å². The zero-order valence-electron chi connectivity index (χ0n) is 11.1. The number of aryl methyl sites for hydroxylation is 3. The fourth-order valence-corrected chi connectivity index (χ4v) is 2.87. The Balaban J connectivity index is 2.16. The molecule has 0 fully saturated rings. The van der Waals surface area contributed by atoms with Gasteiger partial charge in [-0.1, -0.05) is 11.2 Å². The number of aromatic carboxylic acids is 1. The number of rotatable bonds is 4. The average Bonchev–Trinajstić information content (AvgIpc) is 2.68. The van der Waals surface area contributed by atoms with Crippen LogP contribution in [0.3, 0.4) is 0 Å². The quantitative estimate of drug-likeness (QED) is 0.865. The lowest BCUT2D eigenvalue weighted by atomic mass is 10.1. The Bertz CT molecular complexity index is 600. The minimum atomic E-state index is -0.891. The van der Waals surface area contributed by atoms with Gasteiger partial charge in [-0.05, 0) is 38.5 Å². The highest BCUT2D eigenvalue weighted by Crippen LogP contribution is 2.27. The molecule has 0 radical (unpaired) electrons. The van der Waals surface area contributed by atoms with Crippen LogP contribution in [0.2, 0.25) is 0 Å². The van der Waals surface area contributed by atoms with E-state index in [4.69, 9.17) is 9.63 Å². The van der Waals surface area contributed by atoms with Gasteiger partial charge < -0.3 is 9.63 Å².